The average molecular weight is 375 g/mol. The van der Waals surface area contributed by atoms with E-state index in [1.54, 1.807) is 45.2 Å². The monoisotopic (exact) mass is 375 g/mol. The fourth-order valence-electron chi connectivity index (χ4n) is 2.74. The third kappa shape index (κ3) is 5.37. The van der Waals surface area contributed by atoms with Crippen LogP contribution in [-0.2, 0) is 25.6 Å². The number of hydrogen-bond donors (Lipinski definition) is 1. The van der Waals surface area contributed by atoms with Gasteiger partial charge in [-0.05, 0) is 26.0 Å². The fraction of sp³-hybridized carbons (Fsp3) is 0.474. The molecule has 2 aromatic rings. The molecule has 0 aliphatic heterocycles. The number of carbonyl (C=O) groups excluding carboxylic acids is 2. The van der Waals surface area contributed by atoms with E-state index in [0.29, 0.717) is 29.9 Å². The van der Waals surface area contributed by atoms with Gasteiger partial charge in [-0.2, -0.15) is 0 Å². The summed E-state index contributed by atoms with van der Waals surface area (Å²) in [6.07, 6.45) is 0.0209. The lowest BCUT2D eigenvalue weighted by Gasteiger charge is -2.19. The maximum absolute atomic E-state index is 12.8. The molecule has 0 fully saturated rings. The first-order valence-electron chi connectivity index (χ1n) is 8.91. The molecular weight excluding hydrogens is 350 g/mol. The molecule has 27 heavy (non-hydrogen) atoms. The van der Waals surface area contributed by atoms with Crippen molar-refractivity contribution in [1.29, 1.82) is 0 Å². The van der Waals surface area contributed by atoms with Gasteiger partial charge in [-0.3, -0.25) is 19.0 Å². The van der Waals surface area contributed by atoms with Crippen molar-refractivity contribution in [3.63, 3.8) is 0 Å². The topological polar surface area (TPSA) is 99.5 Å². The number of methoxy groups -OCH3 is 1. The van der Waals surface area contributed by atoms with Crippen LogP contribution in [0.4, 0.5) is 0 Å². The van der Waals surface area contributed by atoms with Gasteiger partial charge in [0.15, 0.2) is 0 Å². The number of rotatable bonds is 9. The summed E-state index contributed by atoms with van der Waals surface area (Å²) in [5.74, 6) is -0.280. The Bertz CT molecular complexity index is 862. The van der Waals surface area contributed by atoms with E-state index in [1.807, 2.05) is 0 Å². The normalized spacial score (nSPS) is 12.0. The van der Waals surface area contributed by atoms with Crippen LogP contribution in [0.5, 0.6) is 0 Å². The Kier molecular flexibility index (Phi) is 7.48. The van der Waals surface area contributed by atoms with E-state index in [9.17, 15) is 14.4 Å². The van der Waals surface area contributed by atoms with Gasteiger partial charge in [0.1, 0.15) is 5.82 Å². The van der Waals surface area contributed by atoms with Crippen LogP contribution in [0.1, 0.15) is 38.6 Å². The minimum Gasteiger partial charge on any atom is -0.466 e. The second kappa shape index (κ2) is 9.82. The van der Waals surface area contributed by atoms with E-state index in [-0.39, 0.29) is 30.9 Å². The first-order chi connectivity index (χ1) is 13.0. The summed E-state index contributed by atoms with van der Waals surface area (Å²) < 4.78 is 11.4. The Morgan fingerprint density at radius 2 is 2.00 bits per heavy atom. The maximum atomic E-state index is 12.8. The van der Waals surface area contributed by atoms with Crippen molar-refractivity contribution < 1.29 is 19.1 Å². The molecule has 8 heteroatoms. The molecule has 1 aromatic carbocycles. The summed E-state index contributed by atoms with van der Waals surface area (Å²) in [6, 6.07) is 6.57. The molecule has 0 saturated carbocycles. The van der Waals surface area contributed by atoms with Gasteiger partial charge >= 0.3 is 5.97 Å². The third-order valence-electron chi connectivity index (χ3n) is 4.04. The molecular formula is C19H25N3O5. The molecule has 1 heterocycles. The van der Waals surface area contributed by atoms with Gasteiger partial charge in [0.25, 0.3) is 5.56 Å². The van der Waals surface area contributed by atoms with Crippen LogP contribution in [0.25, 0.3) is 10.9 Å². The zero-order valence-corrected chi connectivity index (χ0v) is 15.9. The molecule has 0 spiro atoms. The number of ether oxygens (including phenoxy) is 2. The summed E-state index contributed by atoms with van der Waals surface area (Å²) in [6.45, 7) is 4.42. The number of nitrogens with one attached hydrogen (secondary N) is 1. The van der Waals surface area contributed by atoms with Crippen molar-refractivity contribution in [2.45, 2.75) is 39.3 Å². The average Bonchev–Trinajstić information content (AvgIpc) is 2.65. The van der Waals surface area contributed by atoms with Gasteiger partial charge < -0.3 is 14.8 Å². The molecule has 8 nitrogen and oxygen atoms in total. The Morgan fingerprint density at radius 1 is 1.26 bits per heavy atom. The van der Waals surface area contributed by atoms with Crippen LogP contribution in [0, 0.1) is 0 Å². The van der Waals surface area contributed by atoms with Crippen molar-refractivity contribution in [3.05, 3.63) is 40.4 Å². The van der Waals surface area contributed by atoms with Crippen LogP contribution in [-0.4, -0.2) is 41.8 Å². The molecule has 0 aliphatic carbocycles. The van der Waals surface area contributed by atoms with E-state index in [1.165, 1.54) is 4.57 Å². The molecule has 2 rings (SSSR count). The zero-order chi connectivity index (χ0) is 19.8. The number of carbonyl (C=O) groups is 2. The number of para-hydroxylation sites is 1. The zero-order valence-electron chi connectivity index (χ0n) is 15.9. The summed E-state index contributed by atoms with van der Waals surface area (Å²) in [5.41, 5.74) is 0.388. The van der Waals surface area contributed by atoms with Crippen molar-refractivity contribution in [3.8, 4) is 0 Å². The Hall–Kier alpha value is -2.74. The van der Waals surface area contributed by atoms with E-state index in [0.717, 1.165) is 0 Å². The van der Waals surface area contributed by atoms with E-state index < -0.39 is 12.0 Å². The van der Waals surface area contributed by atoms with Crippen LogP contribution >= 0.6 is 0 Å². The highest BCUT2D eigenvalue weighted by Gasteiger charge is 2.18. The van der Waals surface area contributed by atoms with Crippen molar-refractivity contribution >= 4 is 22.8 Å². The van der Waals surface area contributed by atoms with E-state index in [4.69, 9.17) is 9.47 Å². The summed E-state index contributed by atoms with van der Waals surface area (Å²) in [7, 11) is 1.56. The van der Waals surface area contributed by atoms with E-state index >= 15 is 0 Å². The van der Waals surface area contributed by atoms with Crippen molar-refractivity contribution in [1.82, 2.24) is 14.9 Å². The van der Waals surface area contributed by atoms with Crippen LogP contribution in [0.2, 0.25) is 0 Å². The molecule has 1 aromatic heterocycles. The van der Waals surface area contributed by atoms with Gasteiger partial charge in [0.2, 0.25) is 5.91 Å². The number of fused-ring (bicyclic) bond motifs is 1. The summed E-state index contributed by atoms with van der Waals surface area (Å²) in [5, 5.41) is 3.30. The lowest BCUT2D eigenvalue weighted by atomic mass is 10.2. The highest BCUT2D eigenvalue weighted by molar-refractivity contribution is 5.81. The molecule has 1 atom stereocenters. The quantitative estimate of drug-likeness (QED) is 0.668. The number of aromatic nitrogens is 2. The molecule has 146 valence electrons. The van der Waals surface area contributed by atoms with Gasteiger partial charge in [-0.25, -0.2) is 4.98 Å². The minimum absolute atomic E-state index is 0.00796. The Labute approximate surface area is 157 Å². The lowest BCUT2D eigenvalue weighted by molar-refractivity contribution is -0.144. The molecule has 1 amide bonds. The smallest absolute Gasteiger partial charge is 0.306 e. The number of benzene rings is 1. The van der Waals surface area contributed by atoms with Gasteiger partial charge in [-0.1, -0.05) is 12.1 Å². The summed E-state index contributed by atoms with van der Waals surface area (Å²) >= 11 is 0. The highest BCUT2D eigenvalue weighted by Crippen LogP contribution is 2.14. The molecule has 0 aliphatic rings. The van der Waals surface area contributed by atoms with Crippen LogP contribution < -0.4 is 10.9 Å². The number of nitrogens with zero attached hydrogens (tertiary/aromatic N) is 2. The van der Waals surface area contributed by atoms with Crippen LogP contribution in [0.3, 0.4) is 0 Å². The lowest BCUT2D eigenvalue weighted by Crippen LogP contribution is -2.34. The summed E-state index contributed by atoms with van der Waals surface area (Å²) in [4.78, 5) is 40.9. The second-order valence-corrected chi connectivity index (χ2v) is 6.03. The second-order valence-electron chi connectivity index (χ2n) is 6.03. The molecule has 0 bridgehead atoms. The number of amides is 1. The molecule has 0 saturated heterocycles. The fourth-order valence-corrected chi connectivity index (χ4v) is 2.74. The molecule has 1 unspecified atom stereocenters. The first-order valence-corrected chi connectivity index (χ1v) is 8.91. The largest absolute Gasteiger partial charge is 0.466 e. The van der Waals surface area contributed by atoms with Crippen molar-refractivity contribution in [2.24, 2.45) is 0 Å². The minimum atomic E-state index is -0.506. The maximum Gasteiger partial charge on any atom is 0.306 e. The van der Waals surface area contributed by atoms with Crippen LogP contribution in [0.15, 0.2) is 29.1 Å². The first kappa shape index (κ1) is 20.6. The molecule has 1 N–H and O–H groups in total. The van der Waals surface area contributed by atoms with Crippen molar-refractivity contribution in [2.75, 3.05) is 20.3 Å². The standard InChI is InChI=1S/C19H25N3O5/c1-4-27-17(24)10-9-16(23)20-13(2)18-21-15-8-6-5-7-14(15)19(25)22(18)11-12-26-3/h5-8,13H,4,9-12H2,1-3H3,(H,20,23). The van der Waals surface area contributed by atoms with Gasteiger partial charge in [-0.15, -0.1) is 0 Å². The number of esters is 1. The highest BCUT2D eigenvalue weighted by atomic mass is 16.5. The SMILES string of the molecule is CCOC(=O)CCC(=O)NC(C)c1nc2ccccc2c(=O)n1CCOC. The predicted molar refractivity (Wildman–Crippen MR) is 100 cm³/mol. The predicted octanol–water partition coefficient (Wildman–Crippen LogP) is 1.56. The Morgan fingerprint density at radius 3 is 2.70 bits per heavy atom. The number of hydrogen-bond acceptors (Lipinski definition) is 6. The third-order valence-corrected chi connectivity index (χ3v) is 4.04. The molecule has 0 radical (unpaired) electrons. The Balaban J connectivity index is 2.23. The van der Waals surface area contributed by atoms with Gasteiger partial charge in [0, 0.05) is 13.5 Å². The van der Waals surface area contributed by atoms with E-state index in [2.05, 4.69) is 10.3 Å². The van der Waals surface area contributed by atoms with Gasteiger partial charge in [0.05, 0.1) is 43.1 Å².